The Labute approximate surface area is 114 Å². The summed E-state index contributed by atoms with van der Waals surface area (Å²) in [6.45, 7) is 2.00. The predicted molar refractivity (Wildman–Crippen MR) is 74.5 cm³/mol. The number of hydrogen-bond acceptors (Lipinski definition) is 4. The van der Waals surface area contributed by atoms with E-state index in [1.807, 2.05) is 6.26 Å². The van der Waals surface area contributed by atoms with Gasteiger partial charge >= 0.3 is 12.0 Å². The van der Waals surface area contributed by atoms with Crippen molar-refractivity contribution in [2.45, 2.75) is 24.6 Å². The number of carbonyl (C=O) groups excluding carboxylic acids is 1. The molecule has 3 unspecified atom stereocenters. The van der Waals surface area contributed by atoms with E-state index in [9.17, 15) is 13.8 Å². The van der Waals surface area contributed by atoms with Crippen molar-refractivity contribution in [1.29, 1.82) is 0 Å². The topological polar surface area (TPSA) is 95.5 Å². The molecule has 6 nitrogen and oxygen atoms in total. The van der Waals surface area contributed by atoms with Crippen LogP contribution in [0.25, 0.3) is 0 Å². The SMILES string of the molecule is CSCCC(NC(=O)NCC(C)S(C)=O)C(=O)O. The maximum Gasteiger partial charge on any atom is 0.326 e. The van der Waals surface area contributed by atoms with Crippen LogP contribution in [0.1, 0.15) is 13.3 Å². The molecule has 0 fully saturated rings. The Morgan fingerprint density at radius 2 is 2.06 bits per heavy atom. The Balaban J connectivity index is 4.09. The number of hydrogen-bond donors (Lipinski definition) is 3. The summed E-state index contributed by atoms with van der Waals surface area (Å²) in [6, 6.07) is -1.43. The van der Waals surface area contributed by atoms with Crippen LogP contribution in [0.15, 0.2) is 0 Å². The molecule has 0 radical (unpaired) electrons. The smallest absolute Gasteiger partial charge is 0.326 e. The number of amides is 2. The Bertz CT molecular complexity index is 312. The number of urea groups is 1. The molecule has 0 bridgehead atoms. The van der Waals surface area contributed by atoms with E-state index < -0.39 is 28.8 Å². The number of aliphatic carboxylic acids is 1. The second-order valence-electron chi connectivity index (χ2n) is 3.84. The molecule has 8 heteroatoms. The van der Waals surface area contributed by atoms with Crippen molar-refractivity contribution in [3.8, 4) is 0 Å². The van der Waals surface area contributed by atoms with Crippen LogP contribution >= 0.6 is 11.8 Å². The van der Waals surface area contributed by atoms with Crippen molar-refractivity contribution in [3.63, 3.8) is 0 Å². The highest BCUT2D eigenvalue weighted by Crippen LogP contribution is 2.01. The fraction of sp³-hybridized carbons (Fsp3) is 0.800. The Morgan fingerprint density at radius 1 is 1.44 bits per heavy atom. The first kappa shape index (κ1) is 17.2. The molecule has 0 aliphatic heterocycles. The lowest BCUT2D eigenvalue weighted by molar-refractivity contribution is -0.139. The molecule has 0 aromatic heterocycles. The molecule has 0 rings (SSSR count). The van der Waals surface area contributed by atoms with E-state index in [4.69, 9.17) is 5.11 Å². The minimum atomic E-state index is -1.05. The van der Waals surface area contributed by atoms with Crippen LogP contribution in [-0.4, -0.2) is 57.4 Å². The van der Waals surface area contributed by atoms with E-state index >= 15 is 0 Å². The Kier molecular flexibility index (Phi) is 8.82. The lowest BCUT2D eigenvalue weighted by Gasteiger charge is -2.16. The molecule has 2 amide bonds. The van der Waals surface area contributed by atoms with Gasteiger partial charge in [-0.05, 0) is 25.4 Å². The van der Waals surface area contributed by atoms with Crippen LogP contribution in [-0.2, 0) is 15.6 Å². The number of carboxylic acid groups (broad SMARTS) is 1. The van der Waals surface area contributed by atoms with Gasteiger partial charge in [0.05, 0.1) is 0 Å². The van der Waals surface area contributed by atoms with Gasteiger partial charge < -0.3 is 15.7 Å². The number of rotatable bonds is 8. The number of carboxylic acids is 1. The molecule has 0 aromatic rings. The van der Waals surface area contributed by atoms with E-state index in [-0.39, 0.29) is 11.8 Å². The second kappa shape index (κ2) is 9.21. The quantitative estimate of drug-likeness (QED) is 0.597. The molecule has 0 saturated heterocycles. The Morgan fingerprint density at radius 3 is 2.50 bits per heavy atom. The summed E-state index contributed by atoms with van der Waals surface area (Å²) in [5.74, 6) is -0.390. The average Bonchev–Trinajstić information content (AvgIpc) is 2.30. The third-order valence-electron chi connectivity index (χ3n) is 2.33. The standard InChI is InChI=1S/C10H20N2O4S2/c1-7(18(3)16)6-11-10(15)12-8(9(13)14)4-5-17-2/h7-8H,4-6H2,1-3H3,(H,13,14)(H2,11,12,15). The molecule has 18 heavy (non-hydrogen) atoms. The zero-order valence-corrected chi connectivity index (χ0v) is 12.4. The van der Waals surface area contributed by atoms with Gasteiger partial charge in [0.25, 0.3) is 0 Å². The number of thioether (sulfide) groups is 1. The zero-order chi connectivity index (χ0) is 14.1. The molecule has 3 atom stereocenters. The first-order valence-electron chi connectivity index (χ1n) is 5.46. The molecule has 0 spiro atoms. The highest BCUT2D eigenvalue weighted by molar-refractivity contribution is 7.98. The lowest BCUT2D eigenvalue weighted by atomic mass is 10.2. The number of carbonyl (C=O) groups is 2. The van der Waals surface area contributed by atoms with Gasteiger partial charge in [0, 0.05) is 28.9 Å². The summed E-state index contributed by atoms with van der Waals surface area (Å²) < 4.78 is 11.1. The highest BCUT2D eigenvalue weighted by atomic mass is 32.2. The van der Waals surface area contributed by atoms with Gasteiger partial charge in [-0.2, -0.15) is 11.8 Å². The van der Waals surface area contributed by atoms with Crippen LogP contribution in [0.4, 0.5) is 4.79 Å². The van der Waals surface area contributed by atoms with E-state index in [2.05, 4.69) is 10.6 Å². The van der Waals surface area contributed by atoms with Crippen LogP contribution < -0.4 is 10.6 Å². The maximum atomic E-state index is 11.5. The summed E-state index contributed by atoms with van der Waals surface area (Å²) in [5, 5.41) is 13.6. The van der Waals surface area contributed by atoms with Crippen molar-refractivity contribution < 1.29 is 18.9 Å². The van der Waals surface area contributed by atoms with Crippen molar-refractivity contribution >= 4 is 34.6 Å². The predicted octanol–water partition coefficient (Wildman–Crippen LogP) is 0.259. The van der Waals surface area contributed by atoms with Crippen molar-refractivity contribution in [2.24, 2.45) is 0 Å². The summed E-state index contributed by atoms with van der Waals surface area (Å²) in [4.78, 5) is 22.3. The molecular formula is C10H20N2O4S2. The second-order valence-corrected chi connectivity index (χ2v) is 6.62. The first-order valence-corrected chi connectivity index (χ1v) is 8.48. The van der Waals surface area contributed by atoms with Crippen LogP contribution in [0.5, 0.6) is 0 Å². The monoisotopic (exact) mass is 296 g/mol. The summed E-state index contributed by atoms with van der Waals surface area (Å²) in [7, 11) is -1.02. The highest BCUT2D eigenvalue weighted by Gasteiger charge is 2.19. The number of nitrogens with one attached hydrogen (secondary N) is 2. The van der Waals surface area contributed by atoms with Gasteiger partial charge in [-0.3, -0.25) is 4.21 Å². The Hall–Kier alpha value is -0.760. The average molecular weight is 296 g/mol. The minimum absolute atomic E-state index is 0.162. The van der Waals surface area contributed by atoms with Crippen LogP contribution in [0, 0.1) is 0 Å². The van der Waals surface area contributed by atoms with Crippen molar-refractivity contribution in [3.05, 3.63) is 0 Å². The van der Waals surface area contributed by atoms with E-state index in [1.54, 1.807) is 13.2 Å². The van der Waals surface area contributed by atoms with Gasteiger partial charge in [-0.25, -0.2) is 9.59 Å². The van der Waals surface area contributed by atoms with Crippen molar-refractivity contribution in [1.82, 2.24) is 10.6 Å². The van der Waals surface area contributed by atoms with E-state index in [0.29, 0.717) is 12.2 Å². The lowest BCUT2D eigenvalue weighted by Crippen LogP contribution is -2.47. The third-order valence-corrected chi connectivity index (χ3v) is 4.27. The summed E-state index contributed by atoms with van der Waals surface area (Å²) in [5.41, 5.74) is 0. The normalized spacial score (nSPS) is 15.5. The minimum Gasteiger partial charge on any atom is -0.480 e. The molecule has 3 N–H and O–H groups in total. The largest absolute Gasteiger partial charge is 0.480 e. The third kappa shape index (κ3) is 7.54. The first-order chi connectivity index (χ1) is 8.38. The molecule has 106 valence electrons. The van der Waals surface area contributed by atoms with E-state index in [0.717, 1.165) is 0 Å². The fourth-order valence-corrected chi connectivity index (χ4v) is 1.85. The fourth-order valence-electron chi connectivity index (χ4n) is 1.06. The molecule has 0 saturated carbocycles. The van der Waals surface area contributed by atoms with Gasteiger partial charge in [-0.15, -0.1) is 0 Å². The molecule has 0 aliphatic carbocycles. The summed E-state index contributed by atoms with van der Waals surface area (Å²) >= 11 is 1.52. The molecular weight excluding hydrogens is 276 g/mol. The van der Waals surface area contributed by atoms with Gasteiger partial charge in [0.1, 0.15) is 6.04 Å². The molecule has 0 aliphatic rings. The van der Waals surface area contributed by atoms with Crippen LogP contribution in [0.2, 0.25) is 0 Å². The van der Waals surface area contributed by atoms with Crippen molar-refractivity contribution in [2.75, 3.05) is 24.8 Å². The zero-order valence-electron chi connectivity index (χ0n) is 10.8. The van der Waals surface area contributed by atoms with E-state index in [1.165, 1.54) is 11.8 Å². The molecule has 0 heterocycles. The summed E-state index contributed by atoms with van der Waals surface area (Å²) in [6.07, 6.45) is 3.80. The van der Waals surface area contributed by atoms with Crippen LogP contribution in [0.3, 0.4) is 0 Å². The van der Waals surface area contributed by atoms with Gasteiger partial charge in [0.2, 0.25) is 0 Å². The maximum absolute atomic E-state index is 11.5. The van der Waals surface area contributed by atoms with Gasteiger partial charge in [-0.1, -0.05) is 0 Å². The van der Waals surface area contributed by atoms with Gasteiger partial charge in [0.15, 0.2) is 0 Å². The molecule has 0 aromatic carbocycles.